The van der Waals surface area contributed by atoms with Crippen LogP contribution in [0.1, 0.15) is 52.0 Å². The summed E-state index contributed by atoms with van der Waals surface area (Å²) in [5, 5.41) is 3.23. The Bertz CT molecular complexity index is 524. The number of rotatable bonds is 8. The predicted octanol–water partition coefficient (Wildman–Crippen LogP) is 3.17. The molecule has 25 heavy (non-hydrogen) atoms. The molecule has 1 aromatic rings. The van der Waals surface area contributed by atoms with Gasteiger partial charge in [-0.25, -0.2) is 0 Å². The molecular weight excluding hydrogens is 310 g/mol. The van der Waals surface area contributed by atoms with Gasteiger partial charge >= 0.3 is 0 Å². The molecule has 1 aliphatic heterocycles. The number of nitrogens with zero attached hydrogens (tertiary/aromatic N) is 1. The van der Waals surface area contributed by atoms with Crippen molar-refractivity contribution >= 4 is 5.91 Å². The lowest BCUT2D eigenvalue weighted by Crippen LogP contribution is -2.37. The lowest BCUT2D eigenvalue weighted by molar-refractivity contribution is -0.122. The van der Waals surface area contributed by atoms with Crippen molar-refractivity contribution in [3.63, 3.8) is 0 Å². The molecule has 0 aliphatic carbocycles. The van der Waals surface area contributed by atoms with Crippen LogP contribution in [0.25, 0.3) is 0 Å². The lowest BCUT2D eigenvalue weighted by Gasteiger charge is -2.30. The Labute approximate surface area is 153 Å². The minimum Gasteiger partial charge on any atom is -0.352 e. The maximum Gasteiger partial charge on any atom is 0.220 e. The van der Waals surface area contributed by atoms with Crippen LogP contribution >= 0.6 is 0 Å². The van der Waals surface area contributed by atoms with Gasteiger partial charge in [0.1, 0.15) is 0 Å². The van der Waals surface area contributed by atoms with Crippen molar-refractivity contribution in [2.75, 3.05) is 19.6 Å². The van der Waals surface area contributed by atoms with E-state index in [4.69, 9.17) is 5.73 Å². The number of hydrogen-bond donors (Lipinski definition) is 2. The van der Waals surface area contributed by atoms with Crippen molar-refractivity contribution in [3.05, 3.63) is 35.9 Å². The van der Waals surface area contributed by atoms with Gasteiger partial charge in [0.2, 0.25) is 5.91 Å². The summed E-state index contributed by atoms with van der Waals surface area (Å²) in [4.78, 5) is 14.8. The number of amides is 1. The van der Waals surface area contributed by atoms with Crippen molar-refractivity contribution in [1.29, 1.82) is 0 Å². The van der Waals surface area contributed by atoms with Crippen molar-refractivity contribution < 1.29 is 4.79 Å². The Morgan fingerprint density at radius 2 is 2.00 bits per heavy atom. The first kappa shape index (κ1) is 19.9. The fourth-order valence-electron chi connectivity index (χ4n) is 3.75. The Morgan fingerprint density at radius 1 is 1.28 bits per heavy atom. The SMILES string of the molecule is CC(C)(C)C(CCN)CCC(=O)NC1CCN(Cc2ccccc2)C1. The summed E-state index contributed by atoms with van der Waals surface area (Å²) in [5.41, 5.74) is 7.28. The number of carbonyl (C=O) groups excluding carboxylic acids is 1. The minimum absolute atomic E-state index is 0.192. The van der Waals surface area contributed by atoms with Crippen LogP contribution in [0.15, 0.2) is 30.3 Å². The van der Waals surface area contributed by atoms with Gasteiger partial charge in [-0.15, -0.1) is 0 Å². The molecule has 0 aromatic heterocycles. The summed E-state index contributed by atoms with van der Waals surface area (Å²) in [7, 11) is 0. The van der Waals surface area contributed by atoms with Crippen LogP contribution in [-0.4, -0.2) is 36.5 Å². The van der Waals surface area contributed by atoms with E-state index in [1.807, 2.05) is 6.07 Å². The number of hydrogen-bond acceptors (Lipinski definition) is 3. The second kappa shape index (κ2) is 9.35. The molecule has 0 saturated carbocycles. The average Bonchev–Trinajstić information content (AvgIpc) is 2.98. The third kappa shape index (κ3) is 6.79. The first-order chi connectivity index (χ1) is 11.9. The van der Waals surface area contributed by atoms with Crippen molar-refractivity contribution in [3.8, 4) is 0 Å². The van der Waals surface area contributed by atoms with Crippen molar-refractivity contribution in [2.45, 2.75) is 59.0 Å². The van der Waals surface area contributed by atoms with Gasteiger partial charge in [0, 0.05) is 32.1 Å². The molecule has 3 N–H and O–H groups in total. The highest BCUT2D eigenvalue weighted by atomic mass is 16.1. The third-order valence-electron chi connectivity index (χ3n) is 5.35. The van der Waals surface area contributed by atoms with Gasteiger partial charge < -0.3 is 11.1 Å². The fourth-order valence-corrected chi connectivity index (χ4v) is 3.75. The molecule has 0 radical (unpaired) electrons. The highest BCUT2D eigenvalue weighted by Gasteiger charge is 2.26. The smallest absolute Gasteiger partial charge is 0.220 e. The molecule has 2 rings (SSSR count). The second-order valence-electron chi connectivity index (χ2n) is 8.45. The molecule has 1 heterocycles. The Hall–Kier alpha value is -1.39. The van der Waals surface area contributed by atoms with E-state index < -0.39 is 0 Å². The normalized spacial score (nSPS) is 19.8. The molecule has 140 valence electrons. The summed E-state index contributed by atoms with van der Waals surface area (Å²) >= 11 is 0. The number of nitrogens with one attached hydrogen (secondary N) is 1. The minimum atomic E-state index is 0.192. The van der Waals surface area contributed by atoms with E-state index in [1.54, 1.807) is 0 Å². The summed E-state index contributed by atoms with van der Waals surface area (Å²) in [6.45, 7) is 10.4. The first-order valence-corrected chi connectivity index (χ1v) is 9.64. The van der Waals surface area contributed by atoms with Gasteiger partial charge in [0.25, 0.3) is 0 Å². The fraction of sp³-hybridized carbons (Fsp3) is 0.667. The van der Waals surface area contributed by atoms with Crippen LogP contribution in [0.2, 0.25) is 0 Å². The van der Waals surface area contributed by atoms with Crippen LogP contribution < -0.4 is 11.1 Å². The van der Waals surface area contributed by atoms with Crippen LogP contribution in [0.5, 0.6) is 0 Å². The summed E-state index contributed by atoms with van der Waals surface area (Å²) in [5.74, 6) is 0.694. The molecular formula is C21H35N3O. The van der Waals surface area contributed by atoms with Crippen molar-refractivity contribution in [1.82, 2.24) is 10.2 Å². The van der Waals surface area contributed by atoms with E-state index in [-0.39, 0.29) is 11.3 Å². The standard InChI is InChI=1S/C21H35N3O/c1-21(2,3)18(11-13-22)9-10-20(25)23-19-12-14-24(16-19)15-17-7-5-4-6-8-17/h4-8,18-19H,9-16,22H2,1-3H3,(H,23,25). The van der Waals surface area contributed by atoms with Crippen LogP contribution in [0.4, 0.5) is 0 Å². The third-order valence-corrected chi connectivity index (χ3v) is 5.35. The van der Waals surface area contributed by atoms with E-state index in [0.717, 1.165) is 38.9 Å². The molecule has 1 aromatic carbocycles. The highest BCUT2D eigenvalue weighted by Crippen LogP contribution is 2.32. The zero-order chi connectivity index (χ0) is 18.3. The maximum absolute atomic E-state index is 12.3. The van der Waals surface area contributed by atoms with Gasteiger partial charge in [0.15, 0.2) is 0 Å². The average molecular weight is 346 g/mol. The second-order valence-corrected chi connectivity index (χ2v) is 8.45. The van der Waals surface area contributed by atoms with Gasteiger partial charge in [0.05, 0.1) is 0 Å². The quantitative estimate of drug-likeness (QED) is 0.761. The Kier molecular flexibility index (Phi) is 7.45. The number of benzene rings is 1. The Balaban J connectivity index is 1.72. The molecule has 0 spiro atoms. The largest absolute Gasteiger partial charge is 0.352 e. The summed E-state index contributed by atoms with van der Waals surface area (Å²) < 4.78 is 0. The molecule has 1 fully saturated rings. The van der Waals surface area contributed by atoms with Crippen molar-refractivity contribution in [2.24, 2.45) is 17.1 Å². The summed E-state index contributed by atoms with van der Waals surface area (Å²) in [6, 6.07) is 10.8. The molecule has 1 saturated heterocycles. The zero-order valence-corrected chi connectivity index (χ0v) is 16.1. The van der Waals surface area contributed by atoms with Gasteiger partial charge in [-0.3, -0.25) is 9.69 Å². The number of likely N-dealkylation sites (tertiary alicyclic amines) is 1. The van der Waals surface area contributed by atoms with E-state index in [9.17, 15) is 4.79 Å². The van der Waals surface area contributed by atoms with Crippen LogP contribution in [0.3, 0.4) is 0 Å². The molecule has 1 aliphatic rings. The van der Waals surface area contributed by atoms with Crippen LogP contribution in [-0.2, 0) is 11.3 Å². The highest BCUT2D eigenvalue weighted by molar-refractivity contribution is 5.76. The molecule has 1 amide bonds. The Morgan fingerprint density at radius 3 is 2.64 bits per heavy atom. The van der Waals surface area contributed by atoms with E-state index in [2.05, 4.69) is 55.3 Å². The molecule has 0 bridgehead atoms. The zero-order valence-electron chi connectivity index (χ0n) is 16.1. The van der Waals surface area contributed by atoms with E-state index in [0.29, 0.717) is 24.9 Å². The predicted molar refractivity (Wildman–Crippen MR) is 104 cm³/mol. The lowest BCUT2D eigenvalue weighted by atomic mass is 9.76. The topological polar surface area (TPSA) is 58.4 Å². The molecule has 4 heteroatoms. The number of carbonyl (C=O) groups is 1. The molecule has 2 atom stereocenters. The van der Waals surface area contributed by atoms with Gasteiger partial charge in [-0.2, -0.15) is 0 Å². The maximum atomic E-state index is 12.3. The van der Waals surface area contributed by atoms with Gasteiger partial charge in [-0.05, 0) is 42.7 Å². The van der Waals surface area contributed by atoms with Gasteiger partial charge in [-0.1, -0.05) is 51.1 Å². The van der Waals surface area contributed by atoms with E-state index >= 15 is 0 Å². The van der Waals surface area contributed by atoms with E-state index in [1.165, 1.54) is 5.56 Å². The summed E-state index contributed by atoms with van der Waals surface area (Å²) in [6.07, 6.45) is 3.57. The monoisotopic (exact) mass is 345 g/mol. The molecule has 4 nitrogen and oxygen atoms in total. The number of nitrogens with two attached hydrogens (primary N) is 1. The first-order valence-electron chi connectivity index (χ1n) is 9.64. The van der Waals surface area contributed by atoms with Crippen LogP contribution in [0, 0.1) is 11.3 Å². The molecule has 2 unspecified atom stereocenters.